The van der Waals surface area contributed by atoms with Crippen LogP contribution in [-0.4, -0.2) is 59.3 Å². The minimum absolute atomic E-state index is 0.213. The second kappa shape index (κ2) is 14.3. The lowest BCUT2D eigenvalue weighted by atomic mass is 9.85. The van der Waals surface area contributed by atoms with Gasteiger partial charge in [0.25, 0.3) is 5.91 Å². The highest BCUT2D eigenvalue weighted by Crippen LogP contribution is 2.40. The van der Waals surface area contributed by atoms with E-state index in [1.54, 1.807) is 11.3 Å². The topological polar surface area (TPSA) is 91.4 Å². The van der Waals surface area contributed by atoms with E-state index < -0.39 is 29.1 Å². The van der Waals surface area contributed by atoms with E-state index in [0.717, 1.165) is 18.4 Å². The number of alkyl halides is 1. The maximum Gasteiger partial charge on any atom is 0.258 e. The molecule has 2 aromatic rings. The van der Waals surface area contributed by atoms with Crippen LogP contribution in [0, 0.1) is 19.3 Å². The van der Waals surface area contributed by atoms with Crippen molar-refractivity contribution in [3.8, 4) is 10.4 Å². The Hall–Kier alpha value is -2.65. The number of aryl methyl sites for hydroxylation is 2. The Morgan fingerprint density at radius 2 is 1.88 bits per heavy atom. The van der Waals surface area contributed by atoms with Gasteiger partial charge in [0.15, 0.2) is 5.67 Å². The molecule has 40 heavy (non-hydrogen) atoms. The van der Waals surface area contributed by atoms with Crippen molar-refractivity contribution >= 4 is 29.4 Å². The van der Waals surface area contributed by atoms with Crippen molar-refractivity contribution in [2.75, 3.05) is 13.6 Å². The monoisotopic (exact) mass is 574 g/mol. The van der Waals surface area contributed by atoms with Crippen LogP contribution in [0.25, 0.3) is 10.4 Å². The van der Waals surface area contributed by atoms with Crippen molar-refractivity contribution in [1.82, 2.24) is 20.5 Å². The first kappa shape index (κ1) is 33.6. The molecule has 0 spiro atoms. The number of aldehydes is 1. The Kier molecular flexibility index (Phi) is 12.0. The standard InChI is InChI=1S/C15H23FN2O3.C14H18N2S.C2H6/c1-14(2,3)11(17-13(21)15(16)6-7-15)12(20)18-8-4-5-10(18)9-19;1-9-7-12(14-11(3)16-8-17-14)5-6-13(9)10(2)15-4;1-2/h9-11H,4-8H2,1-3H3,(H,17,21);5-8,10,15H,1-4H3;1-2H3. The van der Waals surface area contributed by atoms with Gasteiger partial charge in [0.1, 0.15) is 12.3 Å². The predicted octanol–water partition coefficient (Wildman–Crippen LogP) is 5.94. The first-order valence-electron chi connectivity index (χ1n) is 14.3. The van der Waals surface area contributed by atoms with E-state index >= 15 is 0 Å². The average Bonchev–Trinajstić information content (AvgIpc) is 3.29. The number of nitrogens with zero attached hydrogens (tertiary/aromatic N) is 2. The third-order valence-electron chi connectivity index (χ3n) is 7.40. The zero-order valence-corrected chi connectivity index (χ0v) is 26.4. The zero-order chi connectivity index (χ0) is 30.3. The van der Waals surface area contributed by atoms with Crippen LogP contribution in [0.1, 0.15) is 90.1 Å². The van der Waals surface area contributed by atoms with Crippen molar-refractivity contribution in [2.45, 2.75) is 105 Å². The molecule has 2 heterocycles. The first-order chi connectivity index (χ1) is 18.8. The van der Waals surface area contributed by atoms with Crippen molar-refractivity contribution in [1.29, 1.82) is 0 Å². The number of halogens is 1. The number of aromatic nitrogens is 1. The van der Waals surface area contributed by atoms with Gasteiger partial charge in [0, 0.05) is 12.6 Å². The number of hydrogen-bond donors (Lipinski definition) is 2. The van der Waals surface area contributed by atoms with E-state index in [1.807, 2.05) is 47.2 Å². The lowest BCUT2D eigenvalue weighted by Crippen LogP contribution is -2.57. The van der Waals surface area contributed by atoms with E-state index in [0.29, 0.717) is 19.0 Å². The molecule has 2 fully saturated rings. The maximum atomic E-state index is 13.8. The summed E-state index contributed by atoms with van der Waals surface area (Å²) < 4.78 is 13.8. The summed E-state index contributed by atoms with van der Waals surface area (Å²) in [4.78, 5) is 42.7. The van der Waals surface area contributed by atoms with Gasteiger partial charge in [-0.25, -0.2) is 9.37 Å². The minimum Gasteiger partial charge on any atom is -0.341 e. The Morgan fingerprint density at radius 1 is 1.23 bits per heavy atom. The second-order valence-electron chi connectivity index (χ2n) is 11.5. The van der Waals surface area contributed by atoms with Gasteiger partial charge >= 0.3 is 0 Å². The average molecular weight is 575 g/mol. The van der Waals surface area contributed by atoms with Gasteiger partial charge in [-0.05, 0) is 75.6 Å². The lowest BCUT2D eigenvalue weighted by Gasteiger charge is -2.35. The third kappa shape index (κ3) is 8.19. The van der Waals surface area contributed by atoms with Gasteiger partial charge in [-0.1, -0.05) is 52.8 Å². The highest BCUT2D eigenvalue weighted by molar-refractivity contribution is 7.13. The summed E-state index contributed by atoms with van der Waals surface area (Å²) in [5.74, 6) is -1.01. The van der Waals surface area contributed by atoms with E-state index in [4.69, 9.17) is 0 Å². The van der Waals surface area contributed by atoms with Gasteiger partial charge in [0.05, 0.1) is 22.1 Å². The number of amides is 2. The Labute approximate surface area is 243 Å². The van der Waals surface area contributed by atoms with Crippen LogP contribution in [0.2, 0.25) is 0 Å². The molecule has 2 amide bonds. The Bertz CT molecular complexity index is 1160. The van der Waals surface area contributed by atoms with E-state index in [2.05, 4.69) is 54.6 Å². The van der Waals surface area contributed by atoms with Gasteiger partial charge in [-0.2, -0.15) is 0 Å². The molecule has 0 bridgehead atoms. The number of rotatable bonds is 7. The molecule has 7 nitrogen and oxygen atoms in total. The van der Waals surface area contributed by atoms with Crippen LogP contribution < -0.4 is 10.6 Å². The number of carbonyl (C=O) groups excluding carboxylic acids is 3. The normalized spacial score (nSPS) is 18.9. The summed E-state index contributed by atoms with van der Waals surface area (Å²) in [5, 5.41) is 5.84. The van der Waals surface area contributed by atoms with Crippen molar-refractivity contribution in [3.63, 3.8) is 0 Å². The van der Waals surface area contributed by atoms with Crippen LogP contribution in [-0.2, 0) is 14.4 Å². The summed E-state index contributed by atoms with van der Waals surface area (Å²) in [6.07, 6.45) is 2.61. The largest absolute Gasteiger partial charge is 0.341 e. The highest BCUT2D eigenvalue weighted by Gasteiger charge is 2.53. The van der Waals surface area contributed by atoms with Crippen LogP contribution >= 0.6 is 11.3 Å². The van der Waals surface area contributed by atoms with E-state index in [9.17, 15) is 18.8 Å². The number of carbonyl (C=O) groups is 3. The van der Waals surface area contributed by atoms with Gasteiger partial charge in [-0.3, -0.25) is 9.59 Å². The molecule has 2 N–H and O–H groups in total. The summed E-state index contributed by atoms with van der Waals surface area (Å²) in [6.45, 7) is 16.4. The number of thiazole rings is 1. The smallest absolute Gasteiger partial charge is 0.258 e. The molecular formula is C31H47FN4O3S. The number of hydrogen-bond acceptors (Lipinski definition) is 6. The fraction of sp³-hybridized carbons (Fsp3) is 0.613. The lowest BCUT2D eigenvalue weighted by molar-refractivity contribution is -0.142. The van der Waals surface area contributed by atoms with E-state index in [-0.39, 0.29) is 18.7 Å². The van der Waals surface area contributed by atoms with Crippen molar-refractivity contribution < 1.29 is 18.8 Å². The van der Waals surface area contributed by atoms with E-state index in [1.165, 1.54) is 26.5 Å². The molecule has 0 radical (unpaired) electrons. The summed E-state index contributed by atoms with van der Waals surface area (Å²) >= 11 is 1.70. The maximum absolute atomic E-state index is 13.8. The molecule has 3 atom stereocenters. The molecule has 3 unspecified atom stereocenters. The number of likely N-dealkylation sites (tertiary alicyclic amines) is 1. The molecule has 4 rings (SSSR count). The van der Waals surface area contributed by atoms with Gasteiger partial charge < -0.3 is 20.3 Å². The SMILES string of the molecule is CC.CC(C)(C)C(NC(=O)C1(F)CC1)C(=O)N1CCCC1C=O.CNC(C)c1ccc(-c2scnc2C)cc1C. The molecule has 1 aromatic carbocycles. The highest BCUT2D eigenvalue weighted by atomic mass is 32.1. The summed E-state index contributed by atoms with van der Waals surface area (Å²) in [7, 11) is 1.99. The van der Waals surface area contributed by atoms with Crippen LogP contribution in [0.5, 0.6) is 0 Å². The molecule has 1 saturated heterocycles. The van der Waals surface area contributed by atoms with Gasteiger partial charge in [0.2, 0.25) is 5.91 Å². The Balaban J connectivity index is 0.000000269. The quantitative estimate of drug-likeness (QED) is 0.399. The minimum atomic E-state index is -1.81. The predicted molar refractivity (Wildman–Crippen MR) is 161 cm³/mol. The molecular weight excluding hydrogens is 527 g/mol. The molecule has 1 aromatic heterocycles. The van der Waals surface area contributed by atoms with Crippen LogP contribution in [0.15, 0.2) is 23.7 Å². The molecule has 9 heteroatoms. The second-order valence-corrected chi connectivity index (χ2v) is 12.3. The van der Waals surface area contributed by atoms with Gasteiger partial charge in [-0.15, -0.1) is 11.3 Å². The summed E-state index contributed by atoms with van der Waals surface area (Å²) in [6, 6.07) is 5.80. The molecule has 222 valence electrons. The fourth-order valence-corrected chi connectivity index (χ4v) is 5.46. The fourth-order valence-electron chi connectivity index (χ4n) is 4.66. The number of nitrogens with one attached hydrogen (secondary N) is 2. The Morgan fingerprint density at radius 3 is 2.35 bits per heavy atom. The van der Waals surface area contributed by atoms with Crippen molar-refractivity contribution in [3.05, 3.63) is 40.5 Å². The number of benzene rings is 1. The van der Waals surface area contributed by atoms with Crippen LogP contribution in [0.3, 0.4) is 0 Å². The molecule has 2 aliphatic rings. The summed E-state index contributed by atoms with van der Waals surface area (Å²) in [5.41, 5.74) is 4.63. The molecule has 1 aliphatic heterocycles. The van der Waals surface area contributed by atoms with Crippen LogP contribution in [0.4, 0.5) is 4.39 Å². The first-order valence-corrected chi connectivity index (χ1v) is 15.1. The zero-order valence-electron chi connectivity index (χ0n) is 25.6. The molecule has 1 aliphatic carbocycles. The van der Waals surface area contributed by atoms with Crippen molar-refractivity contribution in [2.24, 2.45) is 5.41 Å². The third-order valence-corrected chi connectivity index (χ3v) is 8.38. The molecule has 1 saturated carbocycles.